The molecule has 2 saturated heterocycles. The summed E-state index contributed by atoms with van der Waals surface area (Å²) < 4.78 is 0. The number of nitrogens with zero attached hydrogens (tertiary/aromatic N) is 2. The van der Waals surface area contributed by atoms with E-state index in [1.807, 2.05) is 11.8 Å². The van der Waals surface area contributed by atoms with E-state index in [1.165, 1.54) is 49.8 Å². The van der Waals surface area contributed by atoms with Gasteiger partial charge in [0.25, 0.3) is 0 Å². The maximum absolute atomic E-state index is 4.80. The van der Waals surface area contributed by atoms with E-state index in [2.05, 4.69) is 31.0 Å². The van der Waals surface area contributed by atoms with Gasteiger partial charge in [-0.2, -0.15) is 0 Å². The van der Waals surface area contributed by atoms with Crippen LogP contribution in [0.15, 0.2) is 4.99 Å². The summed E-state index contributed by atoms with van der Waals surface area (Å²) in [4.78, 5) is 7.39. The number of nitrogens with one attached hydrogen (secondary N) is 1. The van der Waals surface area contributed by atoms with Gasteiger partial charge in [0, 0.05) is 24.9 Å². The average molecular weight is 283 g/mol. The van der Waals surface area contributed by atoms with E-state index in [0.29, 0.717) is 17.9 Å². The van der Waals surface area contributed by atoms with Crippen molar-refractivity contribution >= 4 is 16.9 Å². The first-order valence-corrected chi connectivity index (χ1v) is 8.80. The van der Waals surface area contributed by atoms with Crippen LogP contribution in [-0.2, 0) is 0 Å². The molecule has 1 N–H and O–H groups in total. The molecule has 0 saturated carbocycles. The SMILES string of the molecule is CC(CN=C1NC(C(C)C)CCS1)CN1CCCC1. The zero-order chi connectivity index (χ0) is 13.7. The minimum absolute atomic E-state index is 0.619. The number of thioether (sulfide) groups is 1. The smallest absolute Gasteiger partial charge is 0.156 e. The highest BCUT2D eigenvalue weighted by Crippen LogP contribution is 2.19. The molecule has 2 fully saturated rings. The van der Waals surface area contributed by atoms with Crippen molar-refractivity contribution in [2.75, 3.05) is 31.9 Å². The zero-order valence-electron chi connectivity index (χ0n) is 12.7. The van der Waals surface area contributed by atoms with Crippen molar-refractivity contribution in [3.63, 3.8) is 0 Å². The summed E-state index contributed by atoms with van der Waals surface area (Å²) in [5.74, 6) is 2.59. The van der Waals surface area contributed by atoms with Gasteiger partial charge in [-0.15, -0.1) is 0 Å². The van der Waals surface area contributed by atoms with Gasteiger partial charge in [-0.05, 0) is 44.2 Å². The summed E-state index contributed by atoms with van der Waals surface area (Å²) in [6.45, 7) is 11.7. The molecule has 0 spiro atoms. The third-order valence-corrected chi connectivity index (χ3v) is 5.06. The van der Waals surface area contributed by atoms with E-state index < -0.39 is 0 Å². The Labute approximate surface area is 122 Å². The van der Waals surface area contributed by atoms with Crippen LogP contribution in [0, 0.1) is 11.8 Å². The second kappa shape index (κ2) is 7.53. The van der Waals surface area contributed by atoms with E-state index in [4.69, 9.17) is 4.99 Å². The van der Waals surface area contributed by atoms with Crippen molar-refractivity contribution in [2.45, 2.75) is 46.1 Å². The van der Waals surface area contributed by atoms with E-state index >= 15 is 0 Å². The standard InChI is InChI=1S/C15H29N3S/c1-12(2)14-6-9-19-15(17-14)16-10-13(3)11-18-7-4-5-8-18/h12-14H,4-11H2,1-3H3,(H,16,17). The third kappa shape index (κ3) is 4.99. The molecule has 2 rings (SSSR count). The van der Waals surface area contributed by atoms with Gasteiger partial charge in [-0.1, -0.05) is 32.5 Å². The van der Waals surface area contributed by atoms with Gasteiger partial charge < -0.3 is 10.2 Å². The fourth-order valence-electron chi connectivity index (χ4n) is 2.85. The summed E-state index contributed by atoms with van der Waals surface area (Å²) in [6, 6.07) is 0.619. The molecule has 0 radical (unpaired) electrons. The van der Waals surface area contributed by atoms with Gasteiger partial charge in [0.1, 0.15) is 0 Å². The highest BCUT2D eigenvalue weighted by Gasteiger charge is 2.20. The van der Waals surface area contributed by atoms with E-state index in [0.717, 1.165) is 6.54 Å². The molecule has 0 amide bonds. The van der Waals surface area contributed by atoms with E-state index in [1.54, 1.807) is 0 Å². The van der Waals surface area contributed by atoms with E-state index in [-0.39, 0.29) is 0 Å². The number of hydrogen-bond donors (Lipinski definition) is 1. The van der Waals surface area contributed by atoms with Crippen LogP contribution in [0.3, 0.4) is 0 Å². The Morgan fingerprint density at radius 1 is 1.32 bits per heavy atom. The van der Waals surface area contributed by atoms with Gasteiger partial charge in [0.15, 0.2) is 5.17 Å². The molecule has 0 aromatic carbocycles. The van der Waals surface area contributed by atoms with Gasteiger partial charge in [-0.25, -0.2) is 0 Å². The van der Waals surface area contributed by atoms with Crippen LogP contribution < -0.4 is 5.32 Å². The molecular formula is C15H29N3S. The molecule has 4 heteroatoms. The first-order valence-electron chi connectivity index (χ1n) is 7.81. The predicted molar refractivity (Wildman–Crippen MR) is 86.0 cm³/mol. The highest BCUT2D eigenvalue weighted by atomic mass is 32.2. The second-order valence-electron chi connectivity index (χ2n) is 6.39. The maximum Gasteiger partial charge on any atom is 0.156 e. The Hall–Kier alpha value is -0.220. The molecule has 2 atom stereocenters. The molecule has 0 aliphatic carbocycles. The lowest BCUT2D eigenvalue weighted by Gasteiger charge is -2.28. The van der Waals surface area contributed by atoms with Gasteiger partial charge in [0.05, 0.1) is 0 Å². The molecule has 2 aliphatic heterocycles. The normalized spacial score (nSPS) is 28.8. The van der Waals surface area contributed by atoms with Gasteiger partial charge >= 0.3 is 0 Å². The Balaban J connectivity index is 1.74. The molecule has 0 aromatic heterocycles. The van der Waals surface area contributed by atoms with Crippen molar-refractivity contribution in [1.29, 1.82) is 0 Å². The topological polar surface area (TPSA) is 27.6 Å². The van der Waals surface area contributed by atoms with Crippen molar-refractivity contribution in [2.24, 2.45) is 16.8 Å². The maximum atomic E-state index is 4.80. The Morgan fingerprint density at radius 3 is 2.74 bits per heavy atom. The lowest BCUT2D eigenvalue weighted by molar-refractivity contribution is 0.291. The average Bonchev–Trinajstić information content (AvgIpc) is 2.89. The first kappa shape index (κ1) is 15.2. The lowest BCUT2D eigenvalue weighted by Crippen LogP contribution is -2.41. The minimum Gasteiger partial charge on any atom is -0.362 e. The van der Waals surface area contributed by atoms with Crippen LogP contribution in [0.25, 0.3) is 0 Å². The number of likely N-dealkylation sites (tertiary alicyclic amines) is 1. The van der Waals surface area contributed by atoms with E-state index in [9.17, 15) is 0 Å². The molecular weight excluding hydrogens is 254 g/mol. The van der Waals surface area contributed by atoms with Crippen molar-refractivity contribution in [1.82, 2.24) is 10.2 Å². The first-order chi connectivity index (χ1) is 9.15. The lowest BCUT2D eigenvalue weighted by atomic mass is 10.0. The molecule has 110 valence electrons. The molecule has 0 aromatic rings. The monoisotopic (exact) mass is 283 g/mol. The Morgan fingerprint density at radius 2 is 2.05 bits per heavy atom. The van der Waals surface area contributed by atoms with Crippen molar-refractivity contribution in [3.8, 4) is 0 Å². The van der Waals surface area contributed by atoms with Gasteiger partial charge in [0.2, 0.25) is 0 Å². The van der Waals surface area contributed by atoms with Crippen LogP contribution in [-0.4, -0.2) is 48.0 Å². The fraction of sp³-hybridized carbons (Fsp3) is 0.933. The quantitative estimate of drug-likeness (QED) is 0.841. The van der Waals surface area contributed by atoms with Crippen LogP contribution in [0.4, 0.5) is 0 Å². The third-order valence-electron chi connectivity index (χ3n) is 4.10. The summed E-state index contributed by atoms with van der Waals surface area (Å²) >= 11 is 1.89. The molecule has 2 heterocycles. The van der Waals surface area contributed by atoms with Crippen LogP contribution >= 0.6 is 11.8 Å². The number of hydrogen-bond acceptors (Lipinski definition) is 3. The highest BCUT2D eigenvalue weighted by molar-refractivity contribution is 8.13. The molecule has 0 bridgehead atoms. The Kier molecular flexibility index (Phi) is 6.02. The minimum atomic E-state index is 0.619. The van der Waals surface area contributed by atoms with Crippen LogP contribution in [0.5, 0.6) is 0 Å². The molecule has 3 nitrogen and oxygen atoms in total. The number of amidine groups is 1. The predicted octanol–water partition coefficient (Wildman–Crippen LogP) is 2.83. The second-order valence-corrected chi connectivity index (χ2v) is 7.47. The summed E-state index contributed by atoms with van der Waals surface area (Å²) in [5, 5.41) is 4.78. The Bertz CT molecular complexity index is 298. The van der Waals surface area contributed by atoms with Crippen LogP contribution in [0.1, 0.15) is 40.0 Å². The summed E-state index contributed by atoms with van der Waals surface area (Å²) in [5.41, 5.74) is 0. The molecule has 19 heavy (non-hydrogen) atoms. The molecule has 2 unspecified atom stereocenters. The number of rotatable bonds is 5. The fourth-order valence-corrected chi connectivity index (χ4v) is 3.81. The molecule has 2 aliphatic rings. The van der Waals surface area contributed by atoms with Crippen molar-refractivity contribution < 1.29 is 0 Å². The number of aliphatic imine (C=N–C) groups is 1. The largest absolute Gasteiger partial charge is 0.362 e. The summed E-state index contributed by atoms with van der Waals surface area (Å²) in [6.07, 6.45) is 4.04. The zero-order valence-corrected chi connectivity index (χ0v) is 13.5. The summed E-state index contributed by atoms with van der Waals surface area (Å²) in [7, 11) is 0. The van der Waals surface area contributed by atoms with Crippen LogP contribution in [0.2, 0.25) is 0 Å². The van der Waals surface area contributed by atoms with Gasteiger partial charge in [-0.3, -0.25) is 4.99 Å². The van der Waals surface area contributed by atoms with Crippen molar-refractivity contribution in [3.05, 3.63) is 0 Å².